The monoisotopic (exact) mass is 443 g/mol. The van der Waals surface area contributed by atoms with Crippen molar-refractivity contribution in [2.45, 2.75) is 13.8 Å². The lowest BCUT2D eigenvalue weighted by molar-refractivity contribution is 0.0525. The summed E-state index contributed by atoms with van der Waals surface area (Å²) in [5, 5.41) is 16.8. The Labute approximate surface area is 170 Å². The molecule has 7 nitrogen and oxygen atoms in total. The number of anilines is 1. The normalized spacial score (nSPS) is 10.5. The smallest absolute Gasteiger partial charge is 0.341 e. The number of hydrogen-bond acceptors (Lipinski definition) is 5. The molecule has 3 aromatic rings. The lowest BCUT2D eigenvalue weighted by Crippen LogP contribution is -2.12. The molecular formula is C20H18BrN3O4. The summed E-state index contributed by atoms with van der Waals surface area (Å²) in [6.45, 7) is 3.81. The van der Waals surface area contributed by atoms with Crippen molar-refractivity contribution >= 4 is 33.5 Å². The van der Waals surface area contributed by atoms with Crippen LogP contribution in [0.2, 0.25) is 0 Å². The molecule has 0 unspecified atom stereocenters. The number of aromatic hydroxyl groups is 1. The minimum absolute atomic E-state index is 0.0296. The first-order valence-electron chi connectivity index (χ1n) is 8.52. The molecule has 3 rings (SSSR count). The first-order chi connectivity index (χ1) is 13.4. The van der Waals surface area contributed by atoms with Gasteiger partial charge in [-0.25, -0.2) is 9.48 Å². The zero-order valence-electron chi connectivity index (χ0n) is 15.3. The Morgan fingerprint density at radius 2 is 1.93 bits per heavy atom. The molecule has 0 saturated carbocycles. The van der Waals surface area contributed by atoms with Gasteiger partial charge >= 0.3 is 5.97 Å². The number of amides is 1. The standard InChI is InChI=1S/C20H18BrN3O4/c1-3-28-20(27)16-11-22-24(12(16)2)15-7-4-13(5-8-15)19(26)23-17-9-6-14(21)10-18(17)25/h4-11,25H,3H2,1-2H3,(H,23,26). The maximum atomic E-state index is 12.4. The fourth-order valence-electron chi connectivity index (χ4n) is 2.64. The molecule has 0 saturated heterocycles. The van der Waals surface area contributed by atoms with Crippen LogP contribution >= 0.6 is 15.9 Å². The quantitative estimate of drug-likeness (QED) is 0.457. The van der Waals surface area contributed by atoms with Gasteiger partial charge in [-0.05, 0) is 56.3 Å². The van der Waals surface area contributed by atoms with Gasteiger partial charge in [0.1, 0.15) is 11.3 Å². The largest absolute Gasteiger partial charge is 0.506 e. The number of ether oxygens (including phenoxy) is 1. The van der Waals surface area contributed by atoms with Gasteiger partial charge in [-0.15, -0.1) is 0 Å². The van der Waals surface area contributed by atoms with Crippen molar-refractivity contribution in [2.75, 3.05) is 11.9 Å². The van der Waals surface area contributed by atoms with E-state index >= 15 is 0 Å². The molecular weight excluding hydrogens is 426 g/mol. The third-order valence-electron chi connectivity index (χ3n) is 4.09. The number of benzene rings is 2. The second-order valence-corrected chi connectivity index (χ2v) is 6.85. The molecule has 0 atom stereocenters. The topological polar surface area (TPSA) is 93.5 Å². The summed E-state index contributed by atoms with van der Waals surface area (Å²) in [6, 6.07) is 11.6. The van der Waals surface area contributed by atoms with Crippen LogP contribution in [0.1, 0.15) is 33.3 Å². The number of nitrogens with zero attached hydrogens (tertiary/aromatic N) is 2. The highest BCUT2D eigenvalue weighted by molar-refractivity contribution is 9.10. The molecule has 144 valence electrons. The van der Waals surface area contributed by atoms with Crippen molar-refractivity contribution in [3.05, 3.63) is 70.0 Å². The fraction of sp³-hybridized carbons (Fsp3) is 0.150. The van der Waals surface area contributed by atoms with Crippen LogP contribution in [0.3, 0.4) is 0 Å². The van der Waals surface area contributed by atoms with Crippen LogP contribution in [0.15, 0.2) is 53.1 Å². The van der Waals surface area contributed by atoms with Crippen molar-refractivity contribution in [1.29, 1.82) is 0 Å². The van der Waals surface area contributed by atoms with Crippen LogP contribution < -0.4 is 5.32 Å². The number of nitrogens with one attached hydrogen (secondary N) is 1. The summed E-state index contributed by atoms with van der Waals surface area (Å²) in [4.78, 5) is 24.3. The zero-order chi connectivity index (χ0) is 20.3. The molecule has 1 heterocycles. The second-order valence-electron chi connectivity index (χ2n) is 5.94. The Morgan fingerprint density at radius 1 is 1.21 bits per heavy atom. The average Bonchev–Trinajstić information content (AvgIpc) is 3.06. The Bertz CT molecular complexity index is 1030. The first kappa shape index (κ1) is 19.6. The van der Waals surface area contributed by atoms with E-state index in [0.717, 1.165) is 0 Å². The lowest BCUT2D eigenvalue weighted by Gasteiger charge is -2.09. The zero-order valence-corrected chi connectivity index (χ0v) is 16.9. The average molecular weight is 444 g/mol. The van der Waals surface area contributed by atoms with Gasteiger partial charge < -0.3 is 15.2 Å². The molecule has 1 aromatic heterocycles. The minimum atomic E-state index is -0.420. The van der Waals surface area contributed by atoms with Crippen molar-refractivity contribution in [1.82, 2.24) is 9.78 Å². The third kappa shape index (κ3) is 4.07. The molecule has 0 spiro atoms. The van der Waals surface area contributed by atoms with Gasteiger partial charge in [-0.2, -0.15) is 5.10 Å². The van der Waals surface area contributed by atoms with Gasteiger partial charge in [-0.1, -0.05) is 15.9 Å². The summed E-state index contributed by atoms with van der Waals surface area (Å²) in [7, 11) is 0. The fourth-order valence-corrected chi connectivity index (χ4v) is 2.99. The van der Waals surface area contributed by atoms with Crippen molar-refractivity contribution < 1.29 is 19.4 Å². The van der Waals surface area contributed by atoms with E-state index in [2.05, 4.69) is 26.3 Å². The number of esters is 1. The van der Waals surface area contributed by atoms with Gasteiger partial charge in [0.05, 0.1) is 29.9 Å². The van der Waals surface area contributed by atoms with E-state index in [-0.39, 0.29) is 11.7 Å². The molecule has 0 fully saturated rings. The van der Waals surface area contributed by atoms with Crippen LogP contribution in [0.4, 0.5) is 5.69 Å². The third-order valence-corrected chi connectivity index (χ3v) is 4.58. The van der Waals surface area contributed by atoms with E-state index in [1.807, 2.05) is 0 Å². The maximum absolute atomic E-state index is 12.4. The number of halogens is 1. The highest BCUT2D eigenvalue weighted by Crippen LogP contribution is 2.27. The van der Waals surface area contributed by atoms with Gasteiger partial charge in [0, 0.05) is 10.0 Å². The van der Waals surface area contributed by atoms with Crippen molar-refractivity contribution in [3.8, 4) is 11.4 Å². The van der Waals surface area contributed by atoms with Crippen LogP contribution in [0.25, 0.3) is 5.69 Å². The number of aromatic nitrogens is 2. The minimum Gasteiger partial charge on any atom is -0.506 e. The van der Waals surface area contributed by atoms with Gasteiger partial charge in [0.25, 0.3) is 5.91 Å². The SMILES string of the molecule is CCOC(=O)c1cnn(-c2ccc(C(=O)Nc3ccc(Br)cc3O)cc2)c1C. The molecule has 8 heteroatoms. The summed E-state index contributed by atoms with van der Waals surface area (Å²) in [5.74, 6) is -0.803. The number of rotatable bonds is 5. The Kier molecular flexibility index (Phi) is 5.79. The molecule has 0 radical (unpaired) electrons. The number of carbonyl (C=O) groups excluding carboxylic acids is 2. The van der Waals surface area contributed by atoms with E-state index < -0.39 is 5.97 Å². The molecule has 28 heavy (non-hydrogen) atoms. The number of phenolic OH excluding ortho intramolecular Hbond substituents is 1. The molecule has 0 aliphatic carbocycles. The highest BCUT2D eigenvalue weighted by atomic mass is 79.9. The predicted octanol–water partition coefficient (Wildman–Crippen LogP) is 4.08. The maximum Gasteiger partial charge on any atom is 0.341 e. The first-order valence-corrected chi connectivity index (χ1v) is 9.32. The van der Waals surface area contributed by atoms with Crippen molar-refractivity contribution in [3.63, 3.8) is 0 Å². The predicted molar refractivity (Wildman–Crippen MR) is 108 cm³/mol. The molecule has 0 bridgehead atoms. The molecule has 0 aliphatic heterocycles. The van der Waals surface area contributed by atoms with E-state index in [4.69, 9.17) is 4.74 Å². The Balaban J connectivity index is 1.78. The Morgan fingerprint density at radius 3 is 2.57 bits per heavy atom. The highest BCUT2D eigenvalue weighted by Gasteiger charge is 2.16. The van der Waals surface area contributed by atoms with Gasteiger partial charge in [-0.3, -0.25) is 4.79 Å². The summed E-state index contributed by atoms with van der Waals surface area (Å²) >= 11 is 3.25. The van der Waals surface area contributed by atoms with E-state index in [9.17, 15) is 14.7 Å². The number of hydrogen-bond donors (Lipinski definition) is 2. The molecule has 2 N–H and O–H groups in total. The molecule has 1 amide bonds. The van der Waals surface area contributed by atoms with Gasteiger partial charge in [0.15, 0.2) is 0 Å². The van der Waals surface area contributed by atoms with Gasteiger partial charge in [0.2, 0.25) is 0 Å². The Hall–Kier alpha value is -3.13. The summed E-state index contributed by atoms with van der Waals surface area (Å²) in [6.07, 6.45) is 1.46. The molecule has 0 aliphatic rings. The summed E-state index contributed by atoms with van der Waals surface area (Å²) < 4.78 is 7.33. The van der Waals surface area contributed by atoms with E-state index in [0.29, 0.717) is 39.3 Å². The molecule has 2 aromatic carbocycles. The second kappa shape index (κ2) is 8.26. The number of carbonyl (C=O) groups is 2. The summed E-state index contributed by atoms with van der Waals surface area (Å²) in [5.41, 5.74) is 2.49. The van der Waals surface area contributed by atoms with E-state index in [1.54, 1.807) is 54.9 Å². The van der Waals surface area contributed by atoms with Crippen LogP contribution in [-0.2, 0) is 4.74 Å². The van der Waals surface area contributed by atoms with Crippen molar-refractivity contribution in [2.24, 2.45) is 0 Å². The number of phenols is 1. The van der Waals surface area contributed by atoms with Crippen LogP contribution in [-0.4, -0.2) is 33.4 Å². The van der Waals surface area contributed by atoms with E-state index in [1.165, 1.54) is 12.3 Å². The van der Waals surface area contributed by atoms with Crippen LogP contribution in [0, 0.1) is 6.92 Å². The van der Waals surface area contributed by atoms with Crippen LogP contribution in [0.5, 0.6) is 5.75 Å². The lowest BCUT2D eigenvalue weighted by atomic mass is 10.1.